The molecule has 0 bridgehead atoms. The first-order valence-corrected chi connectivity index (χ1v) is 10.1. The first-order chi connectivity index (χ1) is 16.0. The number of nitrogen functional groups attached to an aromatic ring is 1. The lowest BCUT2D eigenvalue weighted by Gasteiger charge is -2.27. The van der Waals surface area contributed by atoms with Gasteiger partial charge in [0.1, 0.15) is 17.1 Å². The Morgan fingerprint density at radius 1 is 1.18 bits per heavy atom. The highest BCUT2D eigenvalue weighted by atomic mass is 19.3. The van der Waals surface area contributed by atoms with Crippen molar-refractivity contribution in [2.45, 2.75) is 6.43 Å². The van der Waals surface area contributed by atoms with Crippen LogP contribution in [0.4, 0.5) is 26.2 Å². The van der Waals surface area contributed by atoms with Gasteiger partial charge in [0, 0.05) is 32.4 Å². The molecule has 0 aromatic carbocycles. The van der Waals surface area contributed by atoms with Crippen molar-refractivity contribution in [3.63, 3.8) is 0 Å². The molecule has 0 saturated carbocycles. The number of nitrogens with two attached hydrogens (primary N) is 1. The van der Waals surface area contributed by atoms with Crippen LogP contribution in [0.15, 0.2) is 37.1 Å². The molecule has 33 heavy (non-hydrogen) atoms. The number of amides is 1. The van der Waals surface area contributed by atoms with Crippen molar-refractivity contribution in [2.75, 3.05) is 42.1 Å². The lowest BCUT2D eigenvalue weighted by atomic mass is 10.3. The predicted octanol–water partition coefficient (Wildman–Crippen LogP) is 0.887. The molecule has 1 amide bonds. The molecule has 0 radical (unpaired) electrons. The molecule has 1 fully saturated rings. The number of piperazine rings is 1. The van der Waals surface area contributed by atoms with Gasteiger partial charge in [-0.05, 0) is 6.07 Å². The third kappa shape index (κ3) is 4.03. The Balaban J connectivity index is 1.41. The van der Waals surface area contributed by atoms with Crippen LogP contribution in [0, 0.1) is 0 Å². The molecule has 12 nitrogen and oxygen atoms in total. The van der Waals surface area contributed by atoms with Crippen LogP contribution >= 0.6 is 0 Å². The van der Waals surface area contributed by atoms with Crippen LogP contribution in [0.5, 0.6) is 0 Å². The fourth-order valence-corrected chi connectivity index (χ4v) is 3.47. The fraction of sp³-hybridized carbons (Fsp3) is 0.263. The van der Waals surface area contributed by atoms with Crippen molar-refractivity contribution < 1.29 is 13.6 Å². The minimum atomic E-state index is -2.92. The molecular weight excluding hydrogens is 436 g/mol. The molecule has 4 aromatic rings. The number of hydrogen-bond acceptors (Lipinski definition) is 9. The van der Waals surface area contributed by atoms with Gasteiger partial charge in [0.2, 0.25) is 5.95 Å². The summed E-state index contributed by atoms with van der Waals surface area (Å²) in [6.45, 7) is 3.22. The standard InChI is InChI=1S/C19H19F2N11O/c20-16(21)15-13(27-18(33)12-9-26-31-4-1-14(22)28-17(12)31)10-32(29-15)11-7-24-19(25-8-11)30-5-2-23-3-6-30/h1,4,7-10,16,23H,2-3,5-6H2,(H2,22,28)(H,27,33). The van der Waals surface area contributed by atoms with E-state index in [2.05, 4.69) is 35.8 Å². The fourth-order valence-electron chi connectivity index (χ4n) is 3.47. The van der Waals surface area contributed by atoms with Crippen molar-refractivity contribution in [1.29, 1.82) is 0 Å². The number of hydrogen-bond donors (Lipinski definition) is 3. The quantitative estimate of drug-likeness (QED) is 0.399. The maximum atomic E-state index is 13.6. The largest absolute Gasteiger partial charge is 0.384 e. The van der Waals surface area contributed by atoms with Crippen molar-refractivity contribution in [2.24, 2.45) is 0 Å². The maximum Gasteiger partial charge on any atom is 0.284 e. The average Bonchev–Trinajstić information content (AvgIpc) is 3.44. The molecule has 170 valence electrons. The van der Waals surface area contributed by atoms with Crippen molar-refractivity contribution in [3.8, 4) is 5.69 Å². The van der Waals surface area contributed by atoms with Gasteiger partial charge in [0.15, 0.2) is 11.3 Å². The number of fused-ring (bicyclic) bond motifs is 1. The van der Waals surface area contributed by atoms with Gasteiger partial charge < -0.3 is 21.3 Å². The summed E-state index contributed by atoms with van der Waals surface area (Å²) in [5, 5.41) is 13.7. The molecule has 1 saturated heterocycles. The third-order valence-corrected chi connectivity index (χ3v) is 5.12. The summed E-state index contributed by atoms with van der Waals surface area (Å²) < 4.78 is 29.9. The smallest absolute Gasteiger partial charge is 0.284 e. The Kier molecular flexibility index (Phi) is 5.26. The number of nitrogens with one attached hydrogen (secondary N) is 2. The molecule has 1 aliphatic heterocycles. The SMILES string of the molecule is Nc1ccn2ncc(C(=O)Nc3cn(-c4cnc(N5CCNCC5)nc4)nc3C(F)F)c2n1. The highest BCUT2D eigenvalue weighted by Crippen LogP contribution is 2.27. The molecule has 4 aromatic heterocycles. The van der Waals surface area contributed by atoms with E-state index >= 15 is 0 Å². The van der Waals surface area contributed by atoms with Crippen molar-refractivity contribution >= 4 is 29.0 Å². The third-order valence-electron chi connectivity index (χ3n) is 5.12. The summed E-state index contributed by atoms with van der Waals surface area (Å²) >= 11 is 0. The zero-order valence-electron chi connectivity index (χ0n) is 17.2. The van der Waals surface area contributed by atoms with E-state index in [1.54, 1.807) is 6.20 Å². The topological polar surface area (TPSA) is 144 Å². The summed E-state index contributed by atoms with van der Waals surface area (Å²) in [5.74, 6) is 0.0760. The Labute approximate surface area is 185 Å². The highest BCUT2D eigenvalue weighted by molar-refractivity contribution is 6.08. The second kappa shape index (κ2) is 8.38. The van der Waals surface area contributed by atoms with Crippen molar-refractivity contribution in [3.05, 3.63) is 48.3 Å². The molecular formula is C19H19F2N11O. The number of nitrogens with zero attached hydrogens (tertiary/aromatic N) is 8. The van der Waals surface area contributed by atoms with E-state index in [9.17, 15) is 13.6 Å². The van der Waals surface area contributed by atoms with Crippen LogP contribution in [0.3, 0.4) is 0 Å². The normalized spacial score (nSPS) is 14.2. The second-order valence-corrected chi connectivity index (χ2v) is 7.28. The zero-order valence-corrected chi connectivity index (χ0v) is 17.2. The molecule has 0 unspecified atom stereocenters. The molecule has 14 heteroatoms. The van der Waals surface area contributed by atoms with Gasteiger partial charge in [0.25, 0.3) is 12.3 Å². The first-order valence-electron chi connectivity index (χ1n) is 10.1. The van der Waals surface area contributed by atoms with E-state index in [1.807, 2.05) is 4.90 Å². The van der Waals surface area contributed by atoms with Crippen LogP contribution in [0.2, 0.25) is 0 Å². The van der Waals surface area contributed by atoms with Gasteiger partial charge in [-0.15, -0.1) is 0 Å². The summed E-state index contributed by atoms with van der Waals surface area (Å²) in [7, 11) is 0. The van der Waals surface area contributed by atoms with Crippen LogP contribution in [0.1, 0.15) is 22.5 Å². The Bertz CT molecular complexity index is 1300. The van der Waals surface area contributed by atoms with Gasteiger partial charge in [-0.3, -0.25) is 4.79 Å². The van der Waals surface area contributed by atoms with Gasteiger partial charge in [0.05, 0.1) is 30.5 Å². The van der Waals surface area contributed by atoms with Gasteiger partial charge in [-0.2, -0.15) is 10.2 Å². The van der Waals surface area contributed by atoms with Crippen molar-refractivity contribution in [1.82, 2.24) is 39.7 Å². The van der Waals surface area contributed by atoms with Crippen LogP contribution < -0.4 is 21.3 Å². The minimum absolute atomic E-state index is 0.0824. The Hall–Kier alpha value is -4.20. The number of anilines is 3. The van der Waals surface area contributed by atoms with E-state index in [0.717, 1.165) is 26.2 Å². The lowest BCUT2D eigenvalue weighted by Crippen LogP contribution is -2.44. The number of rotatable bonds is 5. The zero-order chi connectivity index (χ0) is 22.9. The van der Waals surface area contributed by atoms with E-state index in [0.29, 0.717) is 11.6 Å². The summed E-state index contributed by atoms with van der Waals surface area (Å²) in [4.78, 5) is 27.5. The van der Waals surface area contributed by atoms with E-state index in [4.69, 9.17) is 5.73 Å². The molecule has 1 aliphatic rings. The van der Waals surface area contributed by atoms with E-state index < -0.39 is 18.0 Å². The molecule has 0 atom stereocenters. The van der Waals surface area contributed by atoms with Gasteiger partial charge in [-0.25, -0.2) is 32.9 Å². The number of halogens is 2. The van der Waals surface area contributed by atoms with Gasteiger partial charge in [-0.1, -0.05) is 0 Å². The van der Waals surface area contributed by atoms with Crippen LogP contribution in [-0.2, 0) is 0 Å². The maximum absolute atomic E-state index is 13.6. The summed E-state index contributed by atoms with van der Waals surface area (Å²) in [6, 6.07) is 1.52. The van der Waals surface area contributed by atoms with E-state index in [1.165, 1.54) is 40.1 Å². The predicted molar refractivity (Wildman–Crippen MR) is 115 cm³/mol. The Morgan fingerprint density at radius 3 is 2.67 bits per heavy atom. The second-order valence-electron chi connectivity index (χ2n) is 7.28. The highest BCUT2D eigenvalue weighted by Gasteiger charge is 2.23. The molecule has 0 aliphatic carbocycles. The number of alkyl halides is 2. The number of carbonyl (C=O) groups excluding carboxylic acids is 1. The van der Waals surface area contributed by atoms with Gasteiger partial charge >= 0.3 is 0 Å². The average molecular weight is 455 g/mol. The minimum Gasteiger partial charge on any atom is -0.384 e. The lowest BCUT2D eigenvalue weighted by molar-refractivity contribution is 0.102. The first kappa shape index (κ1) is 20.7. The van der Waals surface area contributed by atoms with Crippen LogP contribution in [-0.4, -0.2) is 66.4 Å². The monoisotopic (exact) mass is 455 g/mol. The molecule has 0 spiro atoms. The molecule has 5 heterocycles. The molecule has 5 rings (SSSR count). The summed E-state index contributed by atoms with van der Waals surface area (Å²) in [5.41, 5.74) is 5.61. The molecule has 4 N–H and O–H groups in total. The Morgan fingerprint density at radius 2 is 1.94 bits per heavy atom. The van der Waals surface area contributed by atoms with E-state index in [-0.39, 0.29) is 22.7 Å². The van der Waals surface area contributed by atoms with Crippen LogP contribution in [0.25, 0.3) is 11.3 Å². The number of aromatic nitrogens is 7. The summed E-state index contributed by atoms with van der Waals surface area (Å²) in [6.07, 6.45) is 4.19. The number of carbonyl (C=O) groups is 1.